The number of nitrogens with zero attached hydrogens (tertiary/aromatic N) is 6. The lowest BCUT2D eigenvalue weighted by molar-refractivity contribution is -0.126. The number of hydrogen-bond acceptors (Lipinski definition) is 6. The minimum Gasteiger partial charge on any atom is -0.350 e. The molecule has 43 heavy (non-hydrogen) atoms. The summed E-state index contributed by atoms with van der Waals surface area (Å²) < 4.78 is 32.8. The normalized spacial score (nSPS) is 15.9. The van der Waals surface area contributed by atoms with Gasteiger partial charge in [0.25, 0.3) is 0 Å². The molecule has 4 heterocycles. The van der Waals surface area contributed by atoms with Gasteiger partial charge in [-0.2, -0.15) is 4.98 Å². The van der Waals surface area contributed by atoms with E-state index in [4.69, 9.17) is 19.3 Å². The highest BCUT2D eigenvalue weighted by atomic mass is 35.5. The highest BCUT2D eigenvalue weighted by Gasteiger charge is 2.31. The van der Waals surface area contributed by atoms with Gasteiger partial charge in [0, 0.05) is 37.4 Å². The molecule has 8 nitrogen and oxygen atoms in total. The zero-order chi connectivity index (χ0) is 32.7. The fourth-order valence-electron chi connectivity index (χ4n) is 5.67. The van der Waals surface area contributed by atoms with Gasteiger partial charge in [-0.15, -0.1) is 0 Å². The summed E-state index contributed by atoms with van der Waals surface area (Å²) in [6.45, 7) is 13.6. The number of anilines is 1. The van der Waals surface area contributed by atoms with E-state index in [9.17, 15) is 9.59 Å². The van der Waals surface area contributed by atoms with Crippen LogP contribution in [0.2, 0.25) is 5.02 Å². The Morgan fingerprint density at radius 1 is 1.26 bits per heavy atom. The number of pyridine rings is 2. The Morgan fingerprint density at radius 3 is 2.70 bits per heavy atom. The van der Waals surface area contributed by atoms with Crippen LogP contribution in [-0.4, -0.2) is 56.0 Å². The summed E-state index contributed by atoms with van der Waals surface area (Å²) in [6.07, 6.45) is 2.97. The number of aryl methyl sites for hydroxylation is 1. The Morgan fingerprint density at radius 2 is 2.02 bits per heavy atom. The van der Waals surface area contributed by atoms with Crippen molar-refractivity contribution >= 4 is 39.9 Å². The Hall–Kier alpha value is -4.37. The monoisotopic (exact) mass is 602 g/mol. The maximum atomic E-state index is 15.6. The van der Waals surface area contributed by atoms with Gasteiger partial charge >= 0.3 is 5.69 Å². The number of amides is 1. The van der Waals surface area contributed by atoms with Crippen molar-refractivity contribution in [3.8, 4) is 16.9 Å². The zero-order valence-electron chi connectivity index (χ0n) is 26.8. The fourth-order valence-corrected chi connectivity index (χ4v) is 5.91. The first-order valence-electron chi connectivity index (χ1n) is 15.1. The summed E-state index contributed by atoms with van der Waals surface area (Å²) in [4.78, 5) is 44.2. The molecule has 3 aromatic heterocycles. The van der Waals surface area contributed by atoms with E-state index >= 15 is 4.39 Å². The van der Waals surface area contributed by atoms with Gasteiger partial charge in [0.2, 0.25) is 5.91 Å². The van der Waals surface area contributed by atoms with Crippen LogP contribution < -0.4 is 10.6 Å². The molecule has 0 spiro atoms. The van der Waals surface area contributed by atoms with Crippen molar-refractivity contribution in [3.05, 3.63) is 93.9 Å². The number of hydrogen-bond donors (Lipinski definition) is 0. The third kappa shape index (κ3) is 5.33. The SMILES string of the molecule is [2H]C([2H])=C(C)c1cccc(F)c1-c1nc2c(cc1Cl)c(N1CCN(C(=O)C=C)C[C@@H]1C)nc(=O)n2-c1c(C)ccnc1C(C)C. The molecule has 1 aromatic carbocycles. The number of carbonyl (C=O) groups is 1. The second-order valence-electron chi connectivity index (χ2n) is 11.1. The molecule has 1 amide bonds. The Kier molecular flexibility index (Phi) is 7.49. The molecular formula is C33H34ClFN6O2. The molecule has 1 aliphatic heterocycles. The highest BCUT2D eigenvalue weighted by Crippen LogP contribution is 2.38. The largest absolute Gasteiger partial charge is 0.355 e. The van der Waals surface area contributed by atoms with Gasteiger partial charge in [0.15, 0.2) is 5.65 Å². The number of allylic oxidation sites excluding steroid dienone is 1. The second kappa shape index (κ2) is 11.7. The molecule has 222 valence electrons. The van der Waals surface area contributed by atoms with Gasteiger partial charge < -0.3 is 9.80 Å². The van der Waals surface area contributed by atoms with Gasteiger partial charge in [-0.25, -0.2) is 18.7 Å². The molecule has 10 heteroatoms. The average molecular weight is 603 g/mol. The molecule has 0 bridgehead atoms. The topological polar surface area (TPSA) is 84.2 Å². The fraction of sp³-hybridized carbons (Fsp3) is 0.303. The summed E-state index contributed by atoms with van der Waals surface area (Å²) in [5, 5.41) is 0.565. The average Bonchev–Trinajstić information content (AvgIpc) is 3.00. The first-order valence-corrected chi connectivity index (χ1v) is 14.4. The minimum absolute atomic E-state index is 0.0215. The van der Waals surface area contributed by atoms with E-state index in [0.717, 1.165) is 5.56 Å². The summed E-state index contributed by atoms with van der Waals surface area (Å²) in [7, 11) is 0. The van der Waals surface area contributed by atoms with Crippen molar-refractivity contribution in [1.29, 1.82) is 0 Å². The van der Waals surface area contributed by atoms with Crippen LogP contribution in [0.3, 0.4) is 0 Å². The van der Waals surface area contributed by atoms with E-state index in [1.807, 2.05) is 32.6 Å². The van der Waals surface area contributed by atoms with Crippen LogP contribution in [0, 0.1) is 12.7 Å². The predicted octanol–water partition coefficient (Wildman–Crippen LogP) is 6.32. The van der Waals surface area contributed by atoms with Gasteiger partial charge in [-0.3, -0.25) is 9.78 Å². The van der Waals surface area contributed by atoms with E-state index in [-0.39, 0.29) is 45.4 Å². The number of halogens is 2. The molecule has 5 rings (SSSR count). The smallest absolute Gasteiger partial charge is 0.350 e. The molecule has 0 saturated carbocycles. The van der Waals surface area contributed by atoms with Crippen LogP contribution in [0.1, 0.15) is 53.2 Å². The summed E-state index contributed by atoms with van der Waals surface area (Å²) in [5.74, 6) is -0.516. The Balaban J connectivity index is 1.87. The van der Waals surface area contributed by atoms with Crippen molar-refractivity contribution in [2.75, 3.05) is 24.5 Å². The van der Waals surface area contributed by atoms with Gasteiger partial charge in [0.1, 0.15) is 11.6 Å². The number of fused-ring (bicyclic) bond motifs is 1. The maximum absolute atomic E-state index is 15.6. The highest BCUT2D eigenvalue weighted by molar-refractivity contribution is 6.34. The summed E-state index contributed by atoms with van der Waals surface area (Å²) in [6, 6.07) is 7.59. The molecule has 1 aliphatic rings. The molecule has 1 atom stereocenters. The first kappa shape index (κ1) is 27.5. The minimum atomic E-state index is -0.637. The Bertz CT molecular complexity index is 1940. The lowest BCUT2D eigenvalue weighted by atomic mass is 9.98. The van der Waals surface area contributed by atoms with E-state index in [0.29, 0.717) is 47.8 Å². The van der Waals surface area contributed by atoms with Crippen LogP contribution in [0.5, 0.6) is 0 Å². The molecule has 0 unspecified atom stereocenters. The van der Waals surface area contributed by atoms with E-state index in [1.165, 1.54) is 22.8 Å². The quantitative estimate of drug-likeness (QED) is 0.240. The molecule has 0 aliphatic carbocycles. The van der Waals surface area contributed by atoms with E-state index in [1.54, 1.807) is 36.2 Å². The van der Waals surface area contributed by atoms with Crippen LogP contribution in [0.15, 0.2) is 60.5 Å². The van der Waals surface area contributed by atoms with Crippen molar-refractivity contribution in [2.45, 2.75) is 46.6 Å². The number of benzene rings is 1. The van der Waals surface area contributed by atoms with Crippen molar-refractivity contribution in [3.63, 3.8) is 0 Å². The molecule has 4 aromatic rings. The third-order valence-electron chi connectivity index (χ3n) is 7.77. The van der Waals surface area contributed by atoms with Crippen molar-refractivity contribution in [1.82, 2.24) is 24.4 Å². The third-order valence-corrected chi connectivity index (χ3v) is 8.05. The van der Waals surface area contributed by atoms with Crippen LogP contribution in [0.4, 0.5) is 10.2 Å². The molecular weight excluding hydrogens is 567 g/mol. The van der Waals surface area contributed by atoms with Crippen molar-refractivity contribution in [2.24, 2.45) is 0 Å². The maximum Gasteiger partial charge on any atom is 0.355 e. The molecule has 0 N–H and O–H groups in total. The Labute approximate surface area is 258 Å². The standard InChI is InChI=1S/C33H34ClFN6O2/c1-8-26(42)39-14-15-40(21(7)17-39)31-23-16-24(34)29(27-22(18(2)3)10-9-11-25(27)35)37-32(23)41(33(43)38-31)30-20(6)12-13-36-28(30)19(4)5/h8-13,16,19,21H,1-2,14-15,17H2,3-7H3/t21-/m0/s1/i2D2. The number of rotatable bonds is 6. The summed E-state index contributed by atoms with van der Waals surface area (Å²) in [5.41, 5.74) is 2.18. The van der Waals surface area contributed by atoms with Crippen LogP contribution in [0.25, 0.3) is 33.6 Å². The van der Waals surface area contributed by atoms with E-state index < -0.39 is 18.0 Å². The number of carbonyl (C=O) groups excluding carboxylic acids is 1. The lowest BCUT2D eigenvalue weighted by Gasteiger charge is -2.40. The van der Waals surface area contributed by atoms with Gasteiger partial charge in [-0.05, 0) is 62.1 Å². The van der Waals surface area contributed by atoms with Gasteiger partial charge in [0.05, 0.1) is 30.2 Å². The van der Waals surface area contributed by atoms with Crippen LogP contribution >= 0.6 is 11.6 Å². The number of piperazine rings is 1. The molecule has 1 fully saturated rings. The summed E-state index contributed by atoms with van der Waals surface area (Å²) >= 11 is 6.90. The number of aromatic nitrogens is 4. The lowest BCUT2D eigenvalue weighted by Crippen LogP contribution is -2.54. The van der Waals surface area contributed by atoms with Crippen molar-refractivity contribution < 1.29 is 11.9 Å². The predicted molar refractivity (Wildman–Crippen MR) is 170 cm³/mol. The van der Waals surface area contributed by atoms with Gasteiger partial charge in [-0.1, -0.05) is 56.3 Å². The van der Waals surface area contributed by atoms with E-state index in [2.05, 4.69) is 16.5 Å². The zero-order valence-corrected chi connectivity index (χ0v) is 25.5. The van der Waals surface area contributed by atoms with Crippen LogP contribution in [-0.2, 0) is 4.79 Å². The first-order chi connectivity index (χ1) is 21.3. The molecule has 1 saturated heterocycles. The second-order valence-corrected chi connectivity index (χ2v) is 11.5. The molecule has 0 radical (unpaired) electrons.